The predicted molar refractivity (Wildman–Crippen MR) is 79.4 cm³/mol. The van der Waals surface area contributed by atoms with E-state index < -0.39 is 11.7 Å². The number of hydrogen-bond donors (Lipinski definition) is 1. The standard InChI is InChI=1S/C17H18F3N/c1-11-4-5-12(2)16(10-11)13(3)21-15-8-6-14(7-9-15)17(18,19)20/h4-10,13,21H,1-3H3. The van der Waals surface area contributed by atoms with Gasteiger partial charge in [0.1, 0.15) is 0 Å². The Bertz CT molecular complexity index is 615. The molecule has 2 aromatic rings. The van der Waals surface area contributed by atoms with Crippen molar-refractivity contribution in [3.05, 3.63) is 64.7 Å². The minimum atomic E-state index is -4.29. The van der Waals surface area contributed by atoms with Crippen LogP contribution in [0.3, 0.4) is 0 Å². The number of benzene rings is 2. The van der Waals surface area contributed by atoms with E-state index in [1.165, 1.54) is 12.1 Å². The molecule has 0 radical (unpaired) electrons. The van der Waals surface area contributed by atoms with Crippen LogP contribution in [0.1, 0.15) is 35.2 Å². The highest BCUT2D eigenvalue weighted by molar-refractivity contribution is 5.48. The van der Waals surface area contributed by atoms with Crippen LogP contribution in [0.4, 0.5) is 18.9 Å². The Morgan fingerprint density at radius 3 is 2.14 bits per heavy atom. The molecule has 21 heavy (non-hydrogen) atoms. The van der Waals surface area contributed by atoms with E-state index in [1.54, 1.807) is 0 Å². The SMILES string of the molecule is Cc1ccc(C)c(C(C)Nc2ccc(C(F)(F)F)cc2)c1. The van der Waals surface area contributed by atoms with Crippen LogP contribution in [0.2, 0.25) is 0 Å². The fourth-order valence-corrected chi connectivity index (χ4v) is 2.31. The maximum absolute atomic E-state index is 12.5. The average Bonchev–Trinajstić information content (AvgIpc) is 2.41. The van der Waals surface area contributed by atoms with Gasteiger partial charge in [-0.3, -0.25) is 0 Å². The molecule has 0 bridgehead atoms. The van der Waals surface area contributed by atoms with Gasteiger partial charge in [-0.25, -0.2) is 0 Å². The third-order valence-electron chi connectivity index (χ3n) is 3.50. The van der Waals surface area contributed by atoms with Gasteiger partial charge in [0.2, 0.25) is 0 Å². The lowest BCUT2D eigenvalue weighted by atomic mass is 10.00. The topological polar surface area (TPSA) is 12.0 Å². The van der Waals surface area contributed by atoms with E-state index in [0.717, 1.165) is 28.8 Å². The normalized spacial score (nSPS) is 13.0. The lowest BCUT2D eigenvalue weighted by Gasteiger charge is -2.19. The van der Waals surface area contributed by atoms with Gasteiger partial charge in [-0.05, 0) is 56.2 Å². The Morgan fingerprint density at radius 1 is 0.952 bits per heavy atom. The van der Waals surface area contributed by atoms with Crippen LogP contribution in [0.15, 0.2) is 42.5 Å². The summed E-state index contributed by atoms with van der Waals surface area (Å²) in [5, 5.41) is 3.24. The third-order valence-corrected chi connectivity index (χ3v) is 3.50. The van der Waals surface area contributed by atoms with Crippen molar-refractivity contribution in [3.8, 4) is 0 Å². The highest BCUT2D eigenvalue weighted by Crippen LogP contribution is 2.30. The summed E-state index contributed by atoms with van der Waals surface area (Å²) < 4.78 is 37.6. The second-order valence-electron chi connectivity index (χ2n) is 5.30. The summed E-state index contributed by atoms with van der Waals surface area (Å²) in [6, 6.07) is 11.3. The van der Waals surface area contributed by atoms with Crippen LogP contribution in [-0.4, -0.2) is 0 Å². The van der Waals surface area contributed by atoms with Crippen molar-refractivity contribution in [1.82, 2.24) is 0 Å². The first-order valence-corrected chi connectivity index (χ1v) is 6.78. The minimum Gasteiger partial charge on any atom is -0.379 e. The molecule has 0 amide bonds. The van der Waals surface area contributed by atoms with E-state index >= 15 is 0 Å². The van der Waals surface area contributed by atoms with Gasteiger partial charge in [0.15, 0.2) is 0 Å². The predicted octanol–water partition coefficient (Wildman–Crippen LogP) is 5.50. The van der Waals surface area contributed by atoms with E-state index in [2.05, 4.69) is 17.4 Å². The van der Waals surface area contributed by atoms with Crippen LogP contribution in [0.25, 0.3) is 0 Å². The first-order chi connectivity index (χ1) is 9.77. The molecule has 0 spiro atoms. The quantitative estimate of drug-likeness (QED) is 0.788. The molecule has 0 fully saturated rings. The van der Waals surface area contributed by atoms with E-state index in [1.807, 2.05) is 26.8 Å². The largest absolute Gasteiger partial charge is 0.416 e. The molecule has 0 aromatic heterocycles. The van der Waals surface area contributed by atoms with Gasteiger partial charge in [-0.1, -0.05) is 23.8 Å². The van der Waals surface area contributed by atoms with Crippen LogP contribution >= 0.6 is 0 Å². The Morgan fingerprint density at radius 2 is 1.57 bits per heavy atom. The molecule has 1 atom stereocenters. The number of rotatable bonds is 3. The summed E-state index contributed by atoms with van der Waals surface area (Å²) in [5.74, 6) is 0. The zero-order chi connectivity index (χ0) is 15.6. The molecular formula is C17H18F3N. The van der Waals surface area contributed by atoms with Crippen LogP contribution in [-0.2, 0) is 6.18 Å². The van der Waals surface area contributed by atoms with Gasteiger partial charge < -0.3 is 5.32 Å². The minimum absolute atomic E-state index is 0.0293. The average molecular weight is 293 g/mol. The van der Waals surface area contributed by atoms with E-state index in [9.17, 15) is 13.2 Å². The number of anilines is 1. The van der Waals surface area contributed by atoms with Gasteiger partial charge in [0.05, 0.1) is 5.56 Å². The van der Waals surface area contributed by atoms with Crippen molar-refractivity contribution < 1.29 is 13.2 Å². The van der Waals surface area contributed by atoms with Crippen LogP contribution < -0.4 is 5.32 Å². The Hall–Kier alpha value is -1.97. The van der Waals surface area contributed by atoms with E-state index in [-0.39, 0.29) is 6.04 Å². The molecule has 2 aromatic carbocycles. The van der Waals surface area contributed by atoms with Crippen molar-refractivity contribution >= 4 is 5.69 Å². The Labute approximate surface area is 122 Å². The van der Waals surface area contributed by atoms with E-state index in [4.69, 9.17) is 0 Å². The van der Waals surface area contributed by atoms with Crippen molar-refractivity contribution in [2.45, 2.75) is 33.0 Å². The molecule has 1 N–H and O–H groups in total. The summed E-state index contributed by atoms with van der Waals surface area (Å²) in [5.41, 5.74) is 3.52. The number of nitrogens with one attached hydrogen (secondary N) is 1. The lowest BCUT2D eigenvalue weighted by Crippen LogP contribution is -2.09. The van der Waals surface area contributed by atoms with Gasteiger partial charge in [-0.15, -0.1) is 0 Å². The maximum atomic E-state index is 12.5. The second-order valence-corrected chi connectivity index (χ2v) is 5.30. The molecule has 2 rings (SSSR count). The Balaban J connectivity index is 2.16. The van der Waals surface area contributed by atoms with Gasteiger partial charge in [0.25, 0.3) is 0 Å². The number of alkyl halides is 3. The number of halogens is 3. The molecule has 0 aliphatic rings. The zero-order valence-corrected chi connectivity index (χ0v) is 12.3. The van der Waals surface area contributed by atoms with Crippen molar-refractivity contribution in [3.63, 3.8) is 0 Å². The van der Waals surface area contributed by atoms with Crippen molar-refractivity contribution in [2.75, 3.05) is 5.32 Å². The first-order valence-electron chi connectivity index (χ1n) is 6.78. The fraction of sp³-hybridized carbons (Fsp3) is 0.294. The summed E-state index contributed by atoms with van der Waals surface area (Å²) in [6.07, 6.45) is -4.29. The Kier molecular flexibility index (Phi) is 4.26. The monoisotopic (exact) mass is 293 g/mol. The molecule has 0 saturated carbocycles. The molecule has 4 heteroatoms. The van der Waals surface area contributed by atoms with Gasteiger partial charge in [-0.2, -0.15) is 13.2 Å². The molecule has 1 unspecified atom stereocenters. The molecule has 0 saturated heterocycles. The fourth-order valence-electron chi connectivity index (χ4n) is 2.31. The zero-order valence-electron chi connectivity index (χ0n) is 12.3. The highest BCUT2D eigenvalue weighted by Gasteiger charge is 2.29. The molecule has 1 nitrogen and oxygen atoms in total. The van der Waals surface area contributed by atoms with Gasteiger partial charge >= 0.3 is 6.18 Å². The molecule has 0 aliphatic heterocycles. The summed E-state index contributed by atoms with van der Waals surface area (Å²) in [7, 11) is 0. The highest BCUT2D eigenvalue weighted by atomic mass is 19.4. The number of aryl methyl sites for hydroxylation is 2. The summed E-state index contributed by atoms with van der Waals surface area (Å²) in [4.78, 5) is 0. The molecule has 0 heterocycles. The molecule has 112 valence electrons. The van der Waals surface area contributed by atoms with E-state index in [0.29, 0.717) is 5.69 Å². The second kappa shape index (κ2) is 5.80. The lowest BCUT2D eigenvalue weighted by molar-refractivity contribution is -0.137. The smallest absolute Gasteiger partial charge is 0.379 e. The molecular weight excluding hydrogens is 275 g/mol. The third kappa shape index (κ3) is 3.78. The summed E-state index contributed by atoms with van der Waals surface area (Å²) in [6.45, 7) is 6.05. The first kappa shape index (κ1) is 15.4. The molecule has 0 aliphatic carbocycles. The van der Waals surface area contributed by atoms with Gasteiger partial charge in [0, 0.05) is 11.7 Å². The van der Waals surface area contributed by atoms with Crippen LogP contribution in [0, 0.1) is 13.8 Å². The summed E-state index contributed by atoms with van der Waals surface area (Å²) >= 11 is 0. The number of hydrogen-bond acceptors (Lipinski definition) is 1. The van der Waals surface area contributed by atoms with Crippen molar-refractivity contribution in [2.24, 2.45) is 0 Å². The van der Waals surface area contributed by atoms with Crippen LogP contribution in [0.5, 0.6) is 0 Å². The van der Waals surface area contributed by atoms with Crippen molar-refractivity contribution in [1.29, 1.82) is 0 Å². The maximum Gasteiger partial charge on any atom is 0.416 e.